The minimum absolute atomic E-state index is 0.0228. The molecule has 1 aliphatic rings. The molecule has 4 N–H and O–H groups in total. The molecule has 5 atom stereocenters. The van der Waals surface area contributed by atoms with Crippen LogP contribution in [0.25, 0.3) is 0 Å². The fraction of sp³-hybridized carbons (Fsp3) is 0.240. The Morgan fingerprint density at radius 1 is 0.531 bits per heavy atom. The van der Waals surface area contributed by atoms with Crippen LogP contribution in [0.4, 0.5) is 0 Å². The maximum Gasteiger partial charge on any atom is 0.338 e. The Hall–Kier alpha value is -6.71. The van der Waals surface area contributed by atoms with Crippen molar-refractivity contribution in [1.29, 1.82) is 0 Å². The number of ether oxygens (including phenoxy) is 7. The number of thioether (sulfide) groups is 1. The van der Waals surface area contributed by atoms with E-state index < -0.39 is 64.8 Å². The number of carbonyl (C=O) groups is 2. The zero-order valence-electron chi connectivity index (χ0n) is 34.9. The van der Waals surface area contributed by atoms with Gasteiger partial charge in [-0.25, -0.2) is 9.59 Å². The van der Waals surface area contributed by atoms with Crippen LogP contribution in [0.1, 0.15) is 49.9 Å². The Balaban J connectivity index is 1.20. The zero-order chi connectivity index (χ0) is 44.8. The molecule has 0 unspecified atom stereocenters. The highest BCUT2D eigenvalue weighted by molar-refractivity contribution is 7.99. The maximum absolute atomic E-state index is 14.3. The predicted octanol–water partition coefficient (Wildman–Crippen LogP) is 8.70. The number of rotatable bonds is 19. The number of aromatic hydroxyl groups is 4. The third kappa shape index (κ3) is 11.8. The molecule has 1 heterocycles. The predicted molar refractivity (Wildman–Crippen MR) is 237 cm³/mol. The molecule has 6 aromatic carbocycles. The van der Waals surface area contributed by atoms with Gasteiger partial charge in [-0.2, -0.15) is 0 Å². The van der Waals surface area contributed by atoms with E-state index in [0.29, 0.717) is 5.75 Å². The number of hydrogen-bond donors (Lipinski definition) is 4. The van der Waals surface area contributed by atoms with Crippen molar-refractivity contribution in [3.8, 4) is 34.5 Å². The lowest BCUT2D eigenvalue weighted by molar-refractivity contribution is -0.228. The number of hydrogen-bond acceptors (Lipinski definition) is 14. The second kappa shape index (κ2) is 22.1. The highest BCUT2D eigenvalue weighted by Crippen LogP contribution is 2.41. The smallest absolute Gasteiger partial charge is 0.338 e. The van der Waals surface area contributed by atoms with Gasteiger partial charge in [0.25, 0.3) is 0 Å². The van der Waals surface area contributed by atoms with Gasteiger partial charge in [0.05, 0.1) is 30.9 Å². The zero-order valence-corrected chi connectivity index (χ0v) is 35.7. The standard InChI is InChI=1S/C50H48O13S/c1-2-64-50-47(63-49(56)37-25-40(53)44(41(54)26-37)59-29-34-19-11-5-12-20-34)46(62-48(55)36-23-38(51)43(39(52)24-36)58-28-33-17-9-4-10-18-33)45(60-30-35-21-13-6-14-22-35)42(61-50)31-57-27-32-15-7-3-8-16-32/h3-26,42,45-47,50-54H,2,27-31H2,1H3/t42-,45-,46+,47-,50+/m1/s1. The van der Waals surface area contributed by atoms with Crippen LogP contribution in [0.5, 0.6) is 34.5 Å². The summed E-state index contributed by atoms with van der Waals surface area (Å²) in [5.74, 6) is -4.04. The van der Waals surface area contributed by atoms with Crippen molar-refractivity contribution in [2.75, 3.05) is 12.4 Å². The minimum atomic E-state index is -1.39. The van der Waals surface area contributed by atoms with Crippen LogP contribution >= 0.6 is 11.8 Å². The summed E-state index contributed by atoms with van der Waals surface area (Å²) in [4.78, 5) is 28.4. The lowest BCUT2D eigenvalue weighted by Gasteiger charge is -2.45. The van der Waals surface area contributed by atoms with Crippen LogP contribution in [0, 0.1) is 0 Å². The van der Waals surface area contributed by atoms with Crippen molar-refractivity contribution >= 4 is 23.7 Å². The number of esters is 2. The second-order valence-electron chi connectivity index (χ2n) is 14.7. The topological polar surface area (TPSA) is 180 Å². The van der Waals surface area contributed by atoms with Gasteiger partial charge in [0.2, 0.25) is 11.5 Å². The molecule has 7 rings (SSSR count). The number of phenols is 4. The first-order valence-corrected chi connectivity index (χ1v) is 21.6. The summed E-state index contributed by atoms with van der Waals surface area (Å²) in [7, 11) is 0. The lowest BCUT2D eigenvalue weighted by atomic mass is 9.98. The van der Waals surface area contributed by atoms with Crippen molar-refractivity contribution in [3.05, 3.63) is 179 Å². The van der Waals surface area contributed by atoms with E-state index >= 15 is 0 Å². The van der Waals surface area contributed by atoms with Gasteiger partial charge in [0.15, 0.2) is 35.2 Å². The fourth-order valence-electron chi connectivity index (χ4n) is 6.98. The van der Waals surface area contributed by atoms with E-state index in [9.17, 15) is 30.0 Å². The summed E-state index contributed by atoms with van der Waals surface area (Å²) < 4.78 is 43.1. The fourth-order valence-corrected chi connectivity index (χ4v) is 7.93. The van der Waals surface area contributed by atoms with Crippen LogP contribution in [-0.4, -0.2) is 74.6 Å². The van der Waals surface area contributed by atoms with E-state index in [0.717, 1.165) is 46.5 Å². The van der Waals surface area contributed by atoms with Crippen LogP contribution in [0.3, 0.4) is 0 Å². The molecule has 1 aliphatic heterocycles. The SMILES string of the molecule is CCS[C@@H]1O[C@H](COCc2ccccc2)[C@@H](OCc2ccccc2)[C@H](OC(=O)c2cc(O)c(OCc3ccccc3)c(O)c2)[C@H]1OC(=O)c1cc(O)c(OCc2ccccc2)c(O)c1. The summed E-state index contributed by atoms with van der Waals surface area (Å²) in [6.07, 6.45) is -4.76. The molecule has 14 heteroatoms. The maximum atomic E-state index is 14.3. The normalized spacial score (nSPS) is 18.2. The van der Waals surface area contributed by atoms with E-state index in [1.54, 1.807) is 0 Å². The quantitative estimate of drug-likeness (QED) is 0.0568. The van der Waals surface area contributed by atoms with E-state index in [2.05, 4.69) is 0 Å². The van der Waals surface area contributed by atoms with E-state index in [4.69, 9.17) is 33.2 Å². The van der Waals surface area contributed by atoms with E-state index in [1.807, 2.05) is 128 Å². The number of carbonyl (C=O) groups excluding carboxylic acids is 2. The lowest BCUT2D eigenvalue weighted by Crippen LogP contribution is -2.61. The van der Waals surface area contributed by atoms with Crippen molar-refractivity contribution in [2.45, 2.75) is 63.2 Å². The average molecular weight is 889 g/mol. The summed E-state index contributed by atoms with van der Waals surface area (Å²) in [6, 6.07) is 41.5. The van der Waals surface area contributed by atoms with Crippen molar-refractivity contribution in [1.82, 2.24) is 0 Å². The molecule has 1 fully saturated rings. The molecule has 0 amide bonds. The Morgan fingerprint density at radius 2 is 0.922 bits per heavy atom. The molecule has 0 bridgehead atoms. The van der Waals surface area contributed by atoms with Gasteiger partial charge < -0.3 is 53.6 Å². The number of phenolic OH excluding ortho intramolecular Hbond substituents is 4. The Kier molecular flexibility index (Phi) is 15.6. The molecule has 332 valence electrons. The summed E-state index contributed by atoms with van der Waals surface area (Å²) >= 11 is 1.28. The molecule has 0 aromatic heterocycles. The molecule has 1 saturated heterocycles. The van der Waals surface area contributed by atoms with E-state index in [1.165, 1.54) is 11.8 Å². The first kappa shape index (κ1) is 45.3. The van der Waals surface area contributed by atoms with Crippen LogP contribution < -0.4 is 9.47 Å². The molecule has 0 radical (unpaired) electrons. The summed E-state index contributed by atoms with van der Waals surface area (Å²) in [5, 5.41) is 43.9. The highest BCUT2D eigenvalue weighted by atomic mass is 32.2. The van der Waals surface area contributed by atoms with Gasteiger partial charge in [-0.1, -0.05) is 128 Å². The highest BCUT2D eigenvalue weighted by Gasteiger charge is 2.51. The van der Waals surface area contributed by atoms with Crippen LogP contribution in [-0.2, 0) is 50.1 Å². The van der Waals surface area contributed by atoms with Gasteiger partial charge in [0, 0.05) is 0 Å². The Morgan fingerprint density at radius 3 is 1.34 bits per heavy atom. The third-order valence-corrected chi connectivity index (χ3v) is 11.2. The van der Waals surface area contributed by atoms with Crippen LogP contribution in [0.15, 0.2) is 146 Å². The Labute approximate surface area is 374 Å². The van der Waals surface area contributed by atoms with Gasteiger partial charge in [0.1, 0.15) is 30.9 Å². The second-order valence-corrected chi connectivity index (χ2v) is 16.1. The van der Waals surface area contributed by atoms with Gasteiger partial charge in [-0.15, -0.1) is 11.8 Å². The van der Waals surface area contributed by atoms with Gasteiger partial charge in [-0.3, -0.25) is 0 Å². The third-order valence-electron chi connectivity index (χ3n) is 10.1. The molecule has 6 aromatic rings. The minimum Gasteiger partial charge on any atom is -0.504 e. The number of benzene rings is 6. The average Bonchev–Trinajstić information content (AvgIpc) is 3.30. The monoisotopic (exact) mass is 888 g/mol. The van der Waals surface area contributed by atoms with Crippen molar-refractivity contribution < 1.29 is 63.2 Å². The first-order valence-electron chi connectivity index (χ1n) is 20.6. The first-order chi connectivity index (χ1) is 31.2. The molecule has 13 nitrogen and oxygen atoms in total. The largest absolute Gasteiger partial charge is 0.504 e. The van der Waals surface area contributed by atoms with Crippen LogP contribution in [0.2, 0.25) is 0 Å². The summed E-state index contributed by atoms with van der Waals surface area (Å²) in [5.41, 5.74) is 1.84. The molecule has 0 aliphatic carbocycles. The van der Waals surface area contributed by atoms with Gasteiger partial charge >= 0.3 is 11.9 Å². The Bertz CT molecular complexity index is 2390. The molecule has 0 spiro atoms. The molecule has 0 saturated carbocycles. The molecule has 64 heavy (non-hydrogen) atoms. The molecular formula is C50H48O13S. The van der Waals surface area contributed by atoms with E-state index in [-0.39, 0.29) is 55.7 Å². The summed E-state index contributed by atoms with van der Waals surface area (Å²) in [6.45, 7) is 2.19. The van der Waals surface area contributed by atoms with Gasteiger partial charge in [-0.05, 0) is 52.3 Å². The van der Waals surface area contributed by atoms with Crippen molar-refractivity contribution in [3.63, 3.8) is 0 Å². The molecular weight excluding hydrogens is 841 g/mol. The van der Waals surface area contributed by atoms with Crippen molar-refractivity contribution in [2.24, 2.45) is 0 Å².